The van der Waals surface area contributed by atoms with Crippen molar-refractivity contribution >= 4 is 23.9 Å². The highest BCUT2D eigenvalue weighted by molar-refractivity contribution is 5.87. The Balaban J connectivity index is 0.965. The molecule has 0 radical (unpaired) electrons. The number of imidazole rings is 2. The van der Waals surface area contributed by atoms with Gasteiger partial charge in [0.05, 0.1) is 102 Å². The molecule has 4 saturated heterocycles. The molecule has 0 saturated carbocycles. The summed E-state index contributed by atoms with van der Waals surface area (Å²) in [5.74, 6) is -2.35. The van der Waals surface area contributed by atoms with Crippen LogP contribution in [0, 0.1) is 17.8 Å². The second-order valence-electron chi connectivity index (χ2n) is 17.1. The van der Waals surface area contributed by atoms with E-state index in [-0.39, 0.29) is 43.2 Å². The van der Waals surface area contributed by atoms with Crippen molar-refractivity contribution in [1.82, 2.24) is 35.1 Å². The van der Waals surface area contributed by atoms with Crippen LogP contribution < -0.4 is 5.32 Å². The van der Waals surface area contributed by atoms with Gasteiger partial charge in [-0.25, -0.2) is 14.8 Å². The summed E-state index contributed by atoms with van der Waals surface area (Å²) in [6.07, 6.45) is 3.65. The molecular weight excluding hydrogens is 799 g/mol. The molecule has 2 spiro atoms. The van der Waals surface area contributed by atoms with Gasteiger partial charge in [0.2, 0.25) is 11.8 Å². The van der Waals surface area contributed by atoms with Crippen LogP contribution in [-0.2, 0) is 42.8 Å². The molecule has 62 heavy (non-hydrogen) atoms. The number of aromatic nitrogens is 4. The van der Waals surface area contributed by atoms with Crippen molar-refractivity contribution in [3.63, 3.8) is 0 Å². The Bertz CT molecular complexity index is 2080. The first kappa shape index (κ1) is 43.0. The van der Waals surface area contributed by atoms with Gasteiger partial charge >= 0.3 is 12.1 Å². The largest absolute Gasteiger partial charge is 0.469 e. The number of methoxy groups -OCH3 is 2. The maximum absolute atomic E-state index is 14.0. The number of aromatic amines is 2. The molecule has 4 aromatic rings. The predicted molar refractivity (Wildman–Crippen MR) is 224 cm³/mol. The summed E-state index contributed by atoms with van der Waals surface area (Å²) in [6.45, 7) is 9.80. The fourth-order valence-corrected chi connectivity index (χ4v) is 8.99. The van der Waals surface area contributed by atoms with E-state index in [4.69, 9.17) is 38.4 Å². The summed E-state index contributed by atoms with van der Waals surface area (Å²) in [6, 6.07) is 14.6. The number of alkyl carbamates (subject to hydrolysis) is 1. The number of rotatable bonds is 12. The standard InChI is InChI=1S/C45H55N7O10/c1-26(2)32(19-37(53)57-5)41(54)51-24-44(59-15-16-60-44)20-35(51)39-46-22-33(48-39)30-11-7-28(8-12-30)29-9-13-31(14-10-29)34-23-47-40(49-34)36-21-45(61-17-18-62-45)25-52(36)42(55)38(27(3)4)50-43(56)58-6/h7-14,22-23,26-27,32,35-36,38H,15-21,24-25H2,1-6H3,(H,46,48)(H,47,49)(H,50,56)/t32-,35-,36-,38-/m0/s1. The number of hydrogen-bond acceptors (Lipinski definition) is 12. The first-order valence-electron chi connectivity index (χ1n) is 21.2. The third-order valence-electron chi connectivity index (χ3n) is 12.5. The van der Waals surface area contributed by atoms with E-state index in [2.05, 4.69) is 15.3 Å². The van der Waals surface area contributed by atoms with Gasteiger partial charge < -0.3 is 53.5 Å². The van der Waals surface area contributed by atoms with E-state index in [0.29, 0.717) is 50.9 Å². The van der Waals surface area contributed by atoms with Gasteiger partial charge in [-0.3, -0.25) is 14.4 Å². The number of ether oxygens (including phenoxy) is 6. The number of likely N-dealkylation sites (tertiary alicyclic amines) is 2. The number of carbonyl (C=O) groups excluding carboxylic acids is 4. The van der Waals surface area contributed by atoms with Gasteiger partial charge in [-0.05, 0) is 34.1 Å². The minimum Gasteiger partial charge on any atom is -0.469 e. The van der Waals surface area contributed by atoms with Gasteiger partial charge in [-0.15, -0.1) is 0 Å². The molecule has 6 heterocycles. The van der Waals surface area contributed by atoms with E-state index < -0.39 is 47.7 Å². The van der Waals surface area contributed by atoms with Crippen molar-refractivity contribution in [1.29, 1.82) is 0 Å². The van der Waals surface area contributed by atoms with Crippen LogP contribution in [0.5, 0.6) is 0 Å². The van der Waals surface area contributed by atoms with Crippen LogP contribution >= 0.6 is 0 Å². The lowest BCUT2D eigenvalue weighted by atomic mass is 9.91. The second-order valence-corrected chi connectivity index (χ2v) is 17.1. The molecule has 17 heteroatoms. The number of benzene rings is 2. The molecule has 0 aliphatic carbocycles. The van der Waals surface area contributed by atoms with Gasteiger partial charge in [0.25, 0.3) is 0 Å². The minimum atomic E-state index is -0.942. The molecule has 0 unspecified atom stereocenters. The third-order valence-corrected chi connectivity index (χ3v) is 12.5. The number of amides is 3. The number of nitrogens with zero attached hydrogens (tertiary/aromatic N) is 4. The Morgan fingerprint density at radius 1 is 0.677 bits per heavy atom. The molecule has 330 valence electrons. The number of carbonyl (C=O) groups is 4. The second kappa shape index (κ2) is 17.6. The first-order valence-corrected chi connectivity index (χ1v) is 21.2. The Kier molecular flexibility index (Phi) is 12.2. The van der Waals surface area contributed by atoms with Crippen molar-refractivity contribution in [3.05, 3.63) is 72.6 Å². The van der Waals surface area contributed by atoms with E-state index >= 15 is 0 Å². The summed E-state index contributed by atoms with van der Waals surface area (Å²) < 4.78 is 33.8. The van der Waals surface area contributed by atoms with Crippen LogP contribution in [0.15, 0.2) is 60.9 Å². The molecule has 2 aromatic carbocycles. The average molecular weight is 854 g/mol. The Morgan fingerprint density at radius 2 is 1.11 bits per heavy atom. The van der Waals surface area contributed by atoms with E-state index in [1.807, 2.05) is 76.2 Å². The van der Waals surface area contributed by atoms with Gasteiger partial charge in [-0.1, -0.05) is 76.2 Å². The van der Waals surface area contributed by atoms with Gasteiger partial charge in [0.15, 0.2) is 11.6 Å². The van der Waals surface area contributed by atoms with Crippen molar-refractivity contribution in [2.24, 2.45) is 17.8 Å². The molecule has 4 aliphatic heterocycles. The fourth-order valence-electron chi connectivity index (χ4n) is 8.99. The van der Waals surface area contributed by atoms with Crippen molar-refractivity contribution in [3.8, 4) is 33.6 Å². The maximum Gasteiger partial charge on any atom is 0.407 e. The molecule has 2 aromatic heterocycles. The maximum atomic E-state index is 14.0. The molecule has 4 aliphatic rings. The molecule has 3 N–H and O–H groups in total. The lowest BCUT2D eigenvalue weighted by Gasteiger charge is -2.30. The van der Waals surface area contributed by atoms with E-state index in [1.54, 1.807) is 22.2 Å². The summed E-state index contributed by atoms with van der Waals surface area (Å²) in [5.41, 5.74) is 5.46. The Morgan fingerprint density at radius 3 is 1.52 bits per heavy atom. The van der Waals surface area contributed by atoms with Crippen LogP contribution in [-0.4, -0.2) is 125 Å². The van der Waals surface area contributed by atoms with Crippen LogP contribution in [0.1, 0.15) is 70.7 Å². The normalized spacial score (nSPS) is 21.3. The summed E-state index contributed by atoms with van der Waals surface area (Å²) in [4.78, 5) is 72.2. The van der Waals surface area contributed by atoms with Crippen LogP contribution in [0.4, 0.5) is 4.79 Å². The van der Waals surface area contributed by atoms with E-state index in [1.165, 1.54) is 14.2 Å². The van der Waals surface area contributed by atoms with Gasteiger partial charge in [0, 0.05) is 12.8 Å². The first-order chi connectivity index (χ1) is 29.8. The Hall–Kier alpha value is -5.62. The number of hydrogen-bond donors (Lipinski definition) is 3. The van der Waals surface area contributed by atoms with Crippen molar-refractivity contribution in [2.75, 3.05) is 53.7 Å². The molecule has 8 rings (SSSR count). The molecular formula is C45H55N7O10. The quantitative estimate of drug-likeness (QED) is 0.154. The van der Waals surface area contributed by atoms with E-state index in [0.717, 1.165) is 33.6 Å². The zero-order valence-corrected chi connectivity index (χ0v) is 36.0. The van der Waals surface area contributed by atoms with Crippen LogP contribution in [0.2, 0.25) is 0 Å². The van der Waals surface area contributed by atoms with Crippen molar-refractivity contribution in [2.45, 2.75) is 76.7 Å². The predicted octanol–water partition coefficient (Wildman–Crippen LogP) is 5.38. The van der Waals surface area contributed by atoms with Gasteiger partial charge in [0.1, 0.15) is 17.7 Å². The zero-order chi connectivity index (χ0) is 43.8. The number of H-pyrrole nitrogens is 2. The monoisotopic (exact) mass is 853 g/mol. The highest BCUT2D eigenvalue weighted by atomic mass is 16.7. The highest BCUT2D eigenvalue weighted by Crippen LogP contribution is 2.45. The zero-order valence-electron chi connectivity index (χ0n) is 36.0. The lowest BCUT2D eigenvalue weighted by molar-refractivity contribution is -0.156. The number of esters is 1. The lowest BCUT2D eigenvalue weighted by Crippen LogP contribution is -2.52. The van der Waals surface area contributed by atoms with Crippen molar-refractivity contribution < 1.29 is 47.6 Å². The molecule has 4 atom stereocenters. The smallest absolute Gasteiger partial charge is 0.407 e. The average Bonchev–Trinajstić information content (AvgIpc) is 4.15. The molecule has 3 amide bonds. The van der Waals surface area contributed by atoms with Gasteiger partial charge in [-0.2, -0.15) is 0 Å². The topological polar surface area (TPSA) is 200 Å². The highest BCUT2D eigenvalue weighted by Gasteiger charge is 2.54. The summed E-state index contributed by atoms with van der Waals surface area (Å²) in [5, 5.41) is 2.69. The fraction of sp³-hybridized carbons (Fsp3) is 0.511. The summed E-state index contributed by atoms with van der Waals surface area (Å²) >= 11 is 0. The molecule has 17 nitrogen and oxygen atoms in total. The SMILES string of the molecule is COC(=O)C[C@H](C(=O)N1CC2(C[C@H]1c1ncc(-c3ccc(-c4ccc(-c5cnc([C@@H]6CC7(CN6C(=O)[C@@H](NC(=O)OC)C(C)C)OCCO7)[nH]5)cc4)cc3)[nH]1)OCCO2)C(C)C. The van der Waals surface area contributed by atoms with E-state index in [9.17, 15) is 19.2 Å². The summed E-state index contributed by atoms with van der Waals surface area (Å²) in [7, 11) is 2.60. The minimum absolute atomic E-state index is 0.0119. The van der Waals surface area contributed by atoms with Crippen LogP contribution in [0.25, 0.3) is 33.6 Å². The van der Waals surface area contributed by atoms with Crippen LogP contribution in [0.3, 0.4) is 0 Å². The number of nitrogens with one attached hydrogen (secondary N) is 3. The third kappa shape index (κ3) is 8.58. The molecule has 0 bridgehead atoms. The molecule has 4 fully saturated rings. The Labute approximate surface area is 360 Å².